The molecule has 0 unspecified atom stereocenters. The number of amides is 1. The highest BCUT2D eigenvalue weighted by Gasteiger charge is 2.16. The molecule has 0 atom stereocenters. The first-order valence-corrected chi connectivity index (χ1v) is 7.91. The number of hydrogen-bond acceptors (Lipinski definition) is 5. The van der Waals surface area contributed by atoms with Crippen molar-refractivity contribution in [1.82, 2.24) is 9.97 Å². The number of pyridine rings is 1. The highest BCUT2D eigenvalue weighted by atomic mass is 16.5. The number of aromatic nitrogens is 2. The summed E-state index contributed by atoms with van der Waals surface area (Å²) >= 11 is 0. The van der Waals surface area contributed by atoms with Crippen molar-refractivity contribution >= 4 is 23.5 Å². The van der Waals surface area contributed by atoms with Crippen LogP contribution in [0.5, 0.6) is 0 Å². The van der Waals surface area contributed by atoms with Gasteiger partial charge in [0.1, 0.15) is 5.82 Å². The second-order valence-electron chi connectivity index (χ2n) is 6.06. The summed E-state index contributed by atoms with van der Waals surface area (Å²) in [6.45, 7) is 6.79. The molecule has 0 bridgehead atoms. The average Bonchev–Trinajstić information content (AvgIpc) is 2.91. The second-order valence-corrected chi connectivity index (χ2v) is 6.06. The van der Waals surface area contributed by atoms with Gasteiger partial charge in [-0.2, -0.15) is 0 Å². The highest BCUT2D eigenvalue weighted by molar-refractivity contribution is 6.00. The van der Waals surface area contributed by atoms with E-state index in [0.29, 0.717) is 5.56 Å². The number of anilines is 1. The van der Waals surface area contributed by atoms with E-state index < -0.39 is 5.97 Å². The van der Waals surface area contributed by atoms with Crippen molar-refractivity contribution in [3.8, 4) is 0 Å². The van der Waals surface area contributed by atoms with E-state index in [0.717, 1.165) is 11.4 Å². The molecule has 0 fully saturated rings. The van der Waals surface area contributed by atoms with Gasteiger partial charge >= 0.3 is 5.97 Å². The van der Waals surface area contributed by atoms with Crippen LogP contribution in [0.15, 0.2) is 24.4 Å². The summed E-state index contributed by atoms with van der Waals surface area (Å²) in [7, 11) is 0. The third kappa shape index (κ3) is 4.76. The Labute approximate surface area is 145 Å². The molecule has 2 heterocycles. The van der Waals surface area contributed by atoms with Gasteiger partial charge in [0.2, 0.25) is 11.7 Å². The van der Waals surface area contributed by atoms with Gasteiger partial charge in [0, 0.05) is 29.1 Å². The number of Topliss-reactive ketones (excluding diaryl/α,β-unsaturated/α-hetero) is 1. The first-order chi connectivity index (χ1) is 11.8. The number of ketones is 1. The molecule has 0 radical (unpaired) electrons. The SMILES string of the molecule is Cc1cc(C(=O)COC(=O)c2ccnc(NC(=O)C(C)C)c2)c(C)[nH]1. The molecule has 0 aromatic carbocycles. The molecule has 0 spiro atoms. The van der Waals surface area contributed by atoms with Crippen molar-refractivity contribution < 1.29 is 19.1 Å². The third-order valence-corrected chi connectivity index (χ3v) is 3.56. The predicted molar refractivity (Wildman–Crippen MR) is 92.6 cm³/mol. The van der Waals surface area contributed by atoms with E-state index in [1.165, 1.54) is 18.3 Å². The Morgan fingerprint density at radius 1 is 1.24 bits per heavy atom. The minimum Gasteiger partial charge on any atom is -0.454 e. The van der Waals surface area contributed by atoms with Crippen molar-refractivity contribution in [2.75, 3.05) is 11.9 Å². The van der Waals surface area contributed by atoms with E-state index >= 15 is 0 Å². The van der Waals surface area contributed by atoms with Crippen LogP contribution in [0.1, 0.15) is 46.0 Å². The third-order valence-electron chi connectivity index (χ3n) is 3.56. The molecule has 2 aromatic heterocycles. The average molecular weight is 343 g/mol. The number of carbonyl (C=O) groups excluding carboxylic acids is 3. The summed E-state index contributed by atoms with van der Waals surface area (Å²) < 4.78 is 5.07. The predicted octanol–water partition coefficient (Wildman–Crippen LogP) is 2.66. The van der Waals surface area contributed by atoms with E-state index in [4.69, 9.17) is 4.74 Å². The normalized spacial score (nSPS) is 10.6. The Bertz CT molecular complexity index is 808. The molecular formula is C18H21N3O4. The number of aromatic amines is 1. The fourth-order valence-corrected chi connectivity index (χ4v) is 2.20. The van der Waals surface area contributed by atoms with Gasteiger partial charge in [-0.3, -0.25) is 9.59 Å². The molecule has 132 valence electrons. The molecule has 0 saturated heterocycles. The van der Waals surface area contributed by atoms with Crippen molar-refractivity contribution in [3.63, 3.8) is 0 Å². The van der Waals surface area contributed by atoms with Gasteiger partial charge in [-0.05, 0) is 32.0 Å². The van der Waals surface area contributed by atoms with Crippen LogP contribution in [0, 0.1) is 19.8 Å². The van der Waals surface area contributed by atoms with Crippen LogP contribution < -0.4 is 5.32 Å². The zero-order valence-corrected chi connectivity index (χ0v) is 14.7. The maximum atomic E-state index is 12.1. The Morgan fingerprint density at radius 2 is 1.96 bits per heavy atom. The molecule has 25 heavy (non-hydrogen) atoms. The van der Waals surface area contributed by atoms with Gasteiger partial charge in [-0.1, -0.05) is 13.8 Å². The number of rotatable bonds is 6. The fourth-order valence-electron chi connectivity index (χ4n) is 2.20. The van der Waals surface area contributed by atoms with Crippen LogP contribution in [0.3, 0.4) is 0 Å². The number of aryl methyl sites for hydroxylation is 2. The van der Waals surface area contributed by atoms with E-state index in [-0.39, 0.29) is 35.6 Å². The largest absolute Gasteiger partial charge is 0.454 e. The van der Waals surface area contributed by atoms with E-state index in [1.807, 2.05) is 6.92 Å². The molecule has 7 nitrogen and oxygen atoms in total. The van der Waals surface area contributed by atoms with Crippen LogP contribution in [0.4, 0.5) is 5.82 Å². The molecular weight excluding hydrogens is 322 g/mol. The van der Waals surface area contributed by atoms with Crippen LogP contribution in [0.25, 0.3) is 0 Å². The summed E-state index contributed by atoms with van der Waals surface area (Å²) in [5.74, 6) is -1.08. The lowest BCUT2D eigenvalue weighted by molar-refractivity contribution is -0.118. The molecule has 7 heteroatoms. The first kappa shape index (κ1) is 18.4. The minimum absolute atomic E-state index is 0.202. The Balaban J connectivity index is 2.00. The summed E-state index contributed by atoms with van der Waals surface area (Å²) in [5, 5.41) is 2.61. The molecule has 0 saturated carbocycles. The topological polar surface area (TPSA) is 101 Å². The lowest BCUT2D eigenvalue weighted by Gasteiger charge is -2.08. The van der Waals surface area contributed by atoms with E-state index in [1.54, 1.807) is 26.8 Å². The van der Waals surface area contributed by atoms with Crippen LogP contribution in [0.2, 0.25) is 0 Å². The Kier molecular flexibility index (Phi) is 5.69. The number of ether oxygens (including phenoxy) is 1. The fraction of sp³-hybridized carbons (Fsp3) is 0.333. The highest BCUT2D eigenvalue weighted by Crippen LogP contribution is 2.12. The van der Waals surface area contributed by atoms with Gasteiger partial charge in [0.15, 0.2) is 6.61 Å². The molecule has 2 N–H and O–H groups in total. The summed E-state index contributed by atoms with van der Waals surface area (Å²) in [6, 6.07) is 4.60. The quantitative estimate of drug-likeness (QED) is 0.620. The second kappa shape index (κ2) is 7.74. The zero-order valence-electron chi connectivity index (χ0n) is 14.7. The minimum atomic E-state index is -0.652. The Morgan fingerprint density at radius 3 is 2.56 bits per heavy atom. The van der Waals surface area contributed by atoms with E-state index in [2.05, 4.69) is 15.3 Å². The molecule has 0 aliphatic rings. The smallest absolute Gasteiger partial charge is 0.338 e. The van der Waals surface area contributed by atoms with Gasteiger partial charge in [0.25, 0.3) is 0 Å². The van der Waals surface area contributed by atoms with Crippen LogP contribution >= 0.6 is 0 Å². The van der Waals surface area contributed by atoms with Crippen molar-refractivity contribution in [2.24, 2.45) is 5.92 Å². The summed E-state index contributed by atoms with van der Waals surface area (Å²) in [6.07, 6.45) is 1.40. The van der Waals surface area contributed by atoms with Crippen molar-refractivity contribution in [3.05, 3.63) is 46.9 Å². The Hall–Kier alpha value is -2.96. The number of hydrogen-bond donors (Lipinski definition) is 2. The van der Waals surface area contributed by atoms with E-state index in [9.17, 15) is 14.4 Å². The molecule has 1 amide bonds. The number of esters is 1. The molecule has 2 aromatic rings. The monoisotopic (exact) mass is 343 g/mol. The van der Waals surface area contributed by atoms with Gasteiger partial charge in [-0.15, -0.1) is 0 Å². The van der Waals surface area contributed by atoms with Crippen molar-refractivity contribution in [1.29, 1.82) is 0 Å². The maximum absolute atomic E-state index is 12.1. The lowest BCUT2D eigenvalue weighted by Crippen LogP contribution is -2.19. The van der Waals surface area contributed by atoms with Gasteiger partial charge < -0.3 is 15.0 Å². The molecule has 2 rings (SSSR count). The zero-order chi connectivity index (χ0) is 18.6. The first-order valence-electron chi connectivity index (χ1n) is 7.91. The number of carbonyl (C=O) groups is 3. The van der Waals surface area contributed by atoms with Crippen LogP contribution in [-0.2, 0) is 9.53 Å². The molecule has 0 aliphatic carbocycles. The lowest BCUT2D eigenvalue weighted by atomic mass is 10.1. The summed E-state index contributed by atoms with van der Waals surface area (Å²) in [4.78, 5) is 43.0. The summed E-state index contributed by atoms with van der Waals surface area (Å²) in [5.41, 5.74) is 2.32. The van der Waals surface area contributed by atoms with Crippen LogP contribution in [-0.4, -0.2) is 34.2 Å². The standard InChI is InChI=1S/C18H21N3O4/c1-10(2)17(23)21-16-8-13(5-6-19-16)18(24)25-9-15(22)14-7-11(3)20-12(14)4/h5-8,10,20H,9H2,1-4H3,(H,19,21,23). The maximum Gasteiger partial charge on any atom is 0.338 e. The number of nitrogens with one attached hydrogen (secondary N) is 2. The van der Waals surface area contributed by atoms with Gasteiger partial charge in [0.05, 0.1) is 5.56 Å². The number of H-pyrrole nitrogens is 1. The molecule has 0 aliphatic heterocycles. The number of nitrogens with zero attached hydrogens (tertiary/aromatic N) is 1. The van der Waals surface area contributed by atoms with Gasteiger partial charge in [-0.25, -0.2) is 9.78 Å². The van der Waals surface area contributed by atoms with Crippen molar-refractivity contribution in [2.45, 2.75) is 27.7 Å².